The Morgan fingerprint density at radius 1 is 1.24 bits per heavy atom. The van der Waals surface area contributed by atoms with E-state index in [0.29, 0.717) is 5.92 Å². The van der Waals surface area contributed by atoms with Crippen LogP contribution in [0.25, 0.3) is 0 Å². The summed E-state index contributed by atoms with van der Waals surface area (Å²) in [5.74, 6) is 0.413. The van der Waals surface area contributed by atoms with Crippen LogP contribution in [-0.4, -0.2) is 23.4 Å². The van der Waals surface area contributed by atoms with Crippen LogP contribution in [0, 0.1) is 0 Å². The summed E-state index contributed by atoms with van der Waals surface area (Å²) in [6, 6.07) is 10.6. The van der Waals surface area contributed by atoms with Crippen LogP contribution < -0.4 is 0 Å². The fourth-order valence-electron chi connectivity index (χ4n) is 3.09. The van der Waals surface area contributed by atoms with Crippen LogP contribution in [-0.2, 0) is 4.74 Å². The average molecular weight is 234 g/mol. The van der Waals surface area contributed by atoms with Crippen LogP contribution in [0.3, 0.4) is 0 Å². The van der Waals surface area contributed by atoms with E-state index in [-0.39, 0.29) is 18.3 Å². The van der Waals surface area contributed by atoms with Crippen LogP contribution in [0.1, 0.15) is 44.6 Å². The van der Waals surface area contributed by atoms with Gasteiger partial charge in [0.15, 0.2) is 0 Å². The van der Waals surface area contributed by atoms with E-state index in [1.54, 1.807) is 0 Å². The largest absolute Gasteiger partial charge is 0.394 e. The lowest BCUT2D eigenvalue weighted by atomic mass is 9.78. The second-order valence-corrected chi connectivity index (χ2v) is 4.89. The second-order valence-electron chi connectivity index (χ2n) is 4.89. The Balaban J connectivity index is 2.30. The summed E-state index contributed by atoms with van der Waals surface area (Å²) < 4.78 is 6.11. The van der Waals surface area contributed by atoms with Crippen molar-refractivity contribution in [3.8, 4) is 0 Å². The highest BCUT2D eigenvalue weighted by Crippen LogP contribution is 2.47. The maximum absolute atomic E-state index is 9.33. The highest BCUT2D eigenvalue weighted by atomic mass is 16.5. The lowest BCUT2D eigenvalue weighted by Crippen LogP contribution is -2.33. The first kappa shape index (κ1) is 12.6. The Kier molecular flexibility index (Phi) is 3.85. The fraction of sp³-hybridized carbons (Fsp3) is 0.600. The highest BCUT2D eigenvalue weighted by molar-refractivity contribution is 5.25. The van der Waals surface area contributed by atoms with Crippen LogP contribution in [0.2, 0.25) is 0 Å². The van der Waals surface area contributed by atoms with Gasteiger partial charge in [0.2, 0.25) is 0 Å². The third-order valence-electron chi connectivity index (χ3n) is 4.14. The zero-order chi connectivity index (χ0) is 12.3. The van der Waals surface area contributed by atoms with Gasteiger partial charge < -0.3 is 9.84 Å². The first-order valence-corrected chi connectivity index (χ1v) is 6.59. The first-order valence-electron chi connectivity index (χ1n) is 6.59. The molecule has 1 aliphatic rings. The van der Waals surface area contributed by atoms with E-state index in [1.165, 1.54) is 5.56 Å². The van der Waals surface area contributed by atoms with Gasteiger partial charge in [-0.3, -0.25) is 0 Å². The zero-order valence-electron chi connectivity index (χ0n) is 10.7. The molecule has 2 rings (SSSR count). The minimum atomic E-state index is -0.0885. The summed E-state index contributed by atoms with van der Waals surface area (Å²) in [7, 11) is 0. The quantitative estimate of drug-likeness (QED) is 0.867. The molecule has 1 heterocycles. The molecular weight excluding hydrogens is 212 g/mol. The van der Waals surface area contributed by atoms with E-state index < -0.39 is 0 Å². The van der Waals surface area contributed by atoms with Gasteiger partial charge in [-0.05, 0) is 24.8 Å². The normalized spacial score (nSPS) is 27.2. The summed E-state index contributed by atoms with van der Waals surface area (Å²) in [5.41, 5.74) is 1.25. The molecule has 0 bridgehead atoms. The van der Waals surface area contributed by atoms with E-state index in [1.807, 2.05) is 6.07 Å². The predicted octanol–water partition coefficient (Wildman–Crippen LogP) is 3.11. The molecule has 0 spiro atoms. The van der Waals surface area contributed by atoms with Crippen molar-refractivity contribution in [1.82, 2.24) is 0 Å². The lowest BCUT2D eigenvalue weighted by Gasteiger charge is -2.33. The molecule has 17 heavy (non-hydrogen) atoms. The number of hydrogen-bond donors (Lipinski definition) is 1. The summed E-state index contributed by atoms with van der Waals surface area (Å²) in [4.78, 5) is 0. The van der Waals surface area contributed by atoms with Gasteiger partial charge >= 0.3 is 0 Å². The summed E-state index contributed by atoms with van der Waals surface area (Å²) >= 11 is 0. The van der Waals surface area contributed by atoms with E-state index in [9.17, 15) is 5.11 Å². The topological polar surface area (TPSA) is 29.5 Å². The molecule has 1 aromatic carbocycles. The SMILES string of the molecule is CCC1(CC)OC(CO)CC1c1ccccc1. The van der Waals surface area contributed by atoms with Crippen molar-refractivity contribution in [2.24, 2.45) is 0 Å². The molecule has 2 nitrogen and oxygen atoms in total. The smallest absolute Gasteiger partial charge is 0.0820 e. The van der Waals surface area contributed by atoms with E-state index in [2.05, 4.69) is 38.1 Å². The standard InChI is InChI=1S/C15H22O2/c1-3-15(4-2)14(10-13(11-16)17-15)12-8-6-5-7-9-12/h5-9,13-14,16H,3-4,10-11H2,1-2H3. The molecule has 0 radical (unpaired) electrons. The Labute approximate surface area is 104 Å². The molecule has 0 amide bonds. The molecule has 2 heteroatoms. The zero-order valence-corrected chi connectivity index (χ0v) is 10.7. The third kappa shape index (κ3) is 2.24. The molecule has 1 aliphatic heterocycles. The number of ether oxygens (including phenoxy) is 1. The van der Waals surface area contributed by atoms with Gasteiger partial charge in [0, 0.05) is 5.92 Å². The van der Waals surface area contributed by atoms with Crippen LogP contribution >= 0.6 is 0 Å². The van der Waals surface area contributed by atoms with E-state index in [4.69, 9.17) is 4.74 Å². The predicted molar refractivity (Wildman–Crippen MR) is 69.1 cm³/mol. The van der Waals surface area contributed by atoms with Gasteiger partial charge in [-0.2, -0.15) is 0 Å². The van der Waals surface area contributed by atoms with E-state index in [0.717, 1.165) is 19.3 Å². The Morgan fingerprint density at radius 3 is 2.41 bits per heavy atom. The van der Waals surface area contributed by atoms with Crippen molar-refractivity contribution >= 4 is 0 Å². The first-order chi connectivity index (χ1) is 8.25. The molecule has 2 atom stereocenters. The van der Waals surface area contributed by atoms with Crippen LogP contribution in [0.4, 0.5) is 0 Å². The highest BCUT2D eigenvalue weighted by Gasteiger charge is 2.46. The van der Waals surface area contributed by atoms with Crippen LogP contribution in [0.5, 0.6) is 0 Å². The number of aliphatic hydroxyl groups excluding tert-OH is 1. The minimum Gasteiger partial charge on any atom is -0.394 e. The minimum absolute atomic E-state index is 0.0000983. The maximum atomic E-state index is 9.33. The lowest BCUT2D eigenvalue weighted by molar-refractivity contribution is -0.0684. The van der Waals surface area contributed by atoms with Crippen molar-refractivity contribution in [1.29, 1.82) is 0 Å². The van der Waals surface area contributed by atoms with Crippen molar-refractivity contribution in [2.45, 2.75) is 50.7 Å². The van der Waals surface area contributed by atoms with Gasteiger partial charge in [-0.15, -0.1) is 0 Å². The summed E-state index contributed by atoms with van der Waals surface area (Å²) in [6.07, 6.45) is 2.93. The van der Waals surface area contributed by atoms with Crippen molar-refractivity contribution < 1.29 is 9.84 Å². The second kappa shape index (κ2) is 5.19. The van der Waals surface area contributed by atoms with Gasteiger partial charge in [0.05, 0.1) is 18.3 Å². The van der Waals surface area contributed by atoms with Gasteiger partial charge in [0.1, 0.15) is 0 Å². The van der Waals surface area contributed by atoms with Gasteiger partial charge in [-0.1, -0.05) is 44.2 Å². The summed E-state index contributed by atoms with van der Waals surface area (Å²) in [5, 5.41) is 9.33. The van der Waals surface area contributed by atoms with Crippen molar-refractivity contribution in [3.63, 3.8) is 0 Å². The van der Waals surface area contributed by atoms with Gasteiger partial charge in [0.25, 0.3) is 0 Å². The molecule has 2 unspecified atom stereocenters. The Hall–Kier alpha value is -0.860. The number of benzene rings is 1. The molecule has 0 aromatic heterocycles. The number of aliphatic hydroxyl groups is 1. The molecule has 1 aromatic rings. The maximum Gasteiger partial charge on any atom is 0.0820 e. The van der Waals surface area contributed by atoms with Crippen molar-refractivity contribution in [2.75, 3.05) is 6.61 Å². The third-order valence-corrected chi connectivity index (χ3v) is 4.14. The fourth-order valence-corrected chi connectivity index (χ4v) is 3.09. The van der Waals surface area contributed by atoms with Crippen molar-refractivity contribution in [3.05, 3.63) is 35.9 Å². The molecule has 0 aliphatic carbocycles. The van der Waals surface area contributed by atoms with Gasteiger partial charge in [-0.25, -0.2) is 0 Å². The molecule has 94 valence electrons. The number of hydrogen-bond acceptors (Lipinski definition) is 2. The number of rotatable bonds is 4. The Bertz CT molecular complexity index is 343. The molecule has 0 saturated carbocycles. The monoisotopic (exact) mass is 234 g/mol. The molecule has 1 saturated heterocycles. The van der Waals surface area contributed by atoms with E-state index >= 15 is 0 Å². The molecule has 1 fully saturated rings. The van der Waals surface area contributed by atoms with Crippen LogP contribution in [0.15, 0.2) is 30.3 Å². The Morgan fingerprint density at radius 2 is 1.88 bits per heavy atom. The summed E-state index contributed by atoms with van der Waals surface area (Å²) in [6.45, 7) is 4.49. The average Bonchev–Trinajstić information content (AvgIpc) is 2.79. The molecule has 1 N–H and O–H groups in total. The molecular formula is C15H22O2.